The molecule has 72 valence electrons. The van der Waals surface area contributed by atoms with Crippen molar-refractivity contribution in [1.82, 2.24) is 4.98 Å². The number of fused-ring (bicyclic) bond motifs is 1. The highest BCUT2D eigenvalue weighted by molar-refractivity contribution is 5.78. The van der Waals surface area contributed by atoms with Gasteiger partial charge in [0.25, 0.3) is 6.01 Å². The lowest BCUT2D eigenvalue weighted by Gasteiger charge is -2.28. The van der Waals surface area contributed by atoms with Crippen molar-refractivity contribution in [1.29, 1.82) is 0 Å². The maximum atomic E-state index is 5.65. The van der Waals surface area contributed by atoms with Crippen LogP contribution in [0.5, 0.6) is 0 Å². The van der Waals surface area contributed by atoms with Gasteiger partial charge in [0.15, 0.2) is 5.58 Å². The predicted octanol–water partition coefficient (Wildman–Crippen LogP) is 1.62. The Morgan fingerprint density at radius 2 is 2.21 bits per heavy atom. The van der Waals surface area contributed by atoms with E-state index in [0.717, 1.165) is 30.2 Å². The molecule has 1 aromatic carbocycles. The largest absolute Gasteiger partial charge is 0.423 e. The van der Waals surface area contributed by atoms with Crippen LogP contribution in [0.15, 0.2) is 22.6 Å². The van der Waals surface area contributed by atoms with Crippen LogP contribution in [0, 0.1) is 0 Å². The lowest BCUT2D eigenvalue weighted by Crippen LogP contribution is -2.37. The molecule has 2 heterocycles. The van der Waals surface area contributed by atoms with E-state index in [0.29, 0.717) is 5.69 Å². The van der Waals surface area contributed by atoms with Crippen LogP contribution < -0.4 is 10.6 Å². The SMILES string of the molecule is Nc1ccc2nc(N3CCC3)oc2c1. The molecule has 2 aromatic rings. The van der Waals surface area contributed by atoms with Crippen molar-refractivity contribution >= 4 is 22.8 Å². The number of benzene rings is 1. The van der Waals surface area contributed by atoms with Crippen molar-refractivity contribution < 1.29 is 4.42 Å². The van der Waals surface area contributed by atoms with Crippen molar-refractivity contribution in [2.45, 2.75) is 6.42 Å². The van der Waals surface area contributed by atoms with Crippen LogP contribution in [0.25, 0.3) is 11.1 Å². The molecule has 0 bridgehead atoms. The third-order valence-corrected chi connectivity index (χ3v) is 2.53. The van der Waals surface area contributed by atoms with Gasteiger partial charge in [-0.25, -0.2) is 0 Å². The number of rotatable bonds is 1. The van der Waals surface area contributed by atoms with Crippen LogP contribution in [0.1, 0.15) is 6.42 Å². The lowest BCUT2D eigenvalue weighted by molar-refractivity contribution is 0.510. The number of aromatic nitrogens is 1. The van der Waals surface area contributed by atoms with E-state index in [1.807, 2.05) is 18.2 Å². The summed E-state index contributed by atoms with van der Waals surface area (Å²) in [5, 5.41) is 0. The molecule has 1 aliphatic rings. The predicted molar refractivity (Wildman–Crippen MR) is 55.3 cm³/mol. The minimum Gasteiger partial charge on any atom is -0.423 e. The molecule has 0 spiro atoms. The van der Waals surface area contributed by atoms with E-state index in [1.54, 1.807) is 0 Å². The molecule has 0 amide bonds. The number of nitrogens with zero attached hydrogens (tertiary/aromatic N) is 2. The first-order valence-electron chi connectivity index (χ1n) is 4.74. The second-order valence-electron chi connectivity index (χ2n) is 3.56. The van der Waals surface area contributed by atoms with E-state index < -0.39 is 0 Å². The Bertz CT molecular complexity index is 473. The fourth-order valence-electron chi connectivity index (χ4n) is 1.57. The van der Waals surface area contributed by atoms with Crippen molar-refractivity contribution in [3.8, 4) is 0 Å². The summed E-state index contributed by atoms with van der Waals surface area (Å²) in [6.45, 7) is 2.09. The van der Waals surface area contributed by atoms with Crippen LogP contribution in [-0.4, -0.2) is 18.1 Å². The topological polar surface area (TPSA) is 55.3 Å². The molecular formula is C10H11N3O. The fourth-order valence-corrected chi connectivity index (χ4v) is 1.57. The first-order valence-corrected chi connectivity index (χ1v) is 4.74. The Hall–Kier alpha value is -1.71. The number of nitrogens with two attached hydrogens (primary N) is 1. The molecule has 4 nitrogen and oxygen atoms in total. The summed E-state index contributed by atoms with van der Waals surface area (Å²) in [5.41, 5.74) is 8.01. The first kappa shape index (κ1) is 7.67. The molecule has 0 radical (unpaired) electrons. The van der Waals surface area contributed by atoms with E-state index in [4.69, 9.17) is 10.2 Å². The van der Waals surface area contributed by atoms with Crippen molar-refractivity contribution in [3.05, 3.63) is 18.2 Å². The molecule has 1 aromatic heterocycles. The van der Waals surface area contributed by atoms with Crippen molar-refractivity contribution in [3.63, 3.8) is 0 Å². The van der Waals surface area contributed by atoms with E-state index in [-0.39, 0.29) is 0 Å². The zero-order chi connectivity index (χ0) is 9.54. The Kier molecular flexibility index (Phi) is 1.45. The second-order valence-corrected chi connectivity index (χ2v) is 3.56. The molecule has 14 heavy (non-hydrogen) atoms. The third-order valence-electron chi connectivity index (χ3n) is 2.53. The molecule has 2 N–H and O–H groups in total. The summed E-state index contributed by atoms with van der Waals surface area (Å²) >= 11 is 0. The van der Waals surface area contributed by atoms with E-state index >= 15 is 0 Å². The molecule has 0 saturated carbocycles. The highest BCUT2D eigenvalue weighted by atomic mass is 16.4. The Balaban J connectivity index is 2.10. The number of anilines is 2. The van der Waals surface area contributed by atoms with Gasteiger partial charge in [0, 0.05) is 24.8 Å². The average molecular weight is 189 g/mol. The van der Waals surface area contributed by atoms with Gasteiger partial charge in [-0.15, -0.1) is 0 Å². The molecule has 3 rings (SSSR count). The summed E-state index contributed by atoms with van der Waals surface area (Å²) in [6, 6.07) is 6.25. The highest BCUT2D eigenvalue weighted by Crippen LogP contribution is 2.26. The molecule has 0 aliphatic carbocycles. The van der Waals surface area contributed by atoms with Crippen molar-refractivity contribution in [2.75, 3.05) is 23.7 Å². The van der Waals surface area contributed by atoms with Crippen molar-refractivity contribution in [2.24, 2.45) is 0 Å². The van der Waals surface area contributed by atoms with Crippen LogP contribution in [0.3, 0.4) is 0 Å². The first-order chi connectivity index (χ1) is 6.83. The maximum absolute atomic E-state index is 5.65. The van der Waals surface area contributed by atoms with Crippen LogP contribution in [0.2, 0.25) is 0 Å². The minimum absolute atomic E-state index is 0.712. The number of hydrogen-bond acceptors (Lipinski definition) is 4. The highest BCUT2D eigenvalue weighted by Gasteiger charge is 2.19. The Labute approximate surface area is 81.3 Å². The summed E-state index contributed by atoms with van der Waals surface area (Å²) in [4.78, 5) is 6.50. The molecule has 0 unspecified atom stereocenters. The van der Waals surface area contributed by atoms with Gasteiger partial charge < -0.3 is 15.1 Å². The molecular weight excluding hydrogens is 178 g/mol. The summed E-state index contributed by atoms with van der Waals surface area (Å²) in [7, 11) is 0. The van der Waals surface area contributed by atoms with Gasteiger partial charge in [-0.3, -0.25) is 0 Å². The van der Waals surface area contributed by atoms with Gasteiger partial charge in [-0.2, -0.15) is 4.98 Å². The van der Waals surface area contributed by atoms with Gasteiger partial charge in [0.1, 0.15) is 5.52 Å². The molecule has 4 heteroatoms. The van der Waals surface area contributed by atoms with Crippen LogP contribution in [-0.2, 0) is 0 Å². The Morgan fingerprint density at radius 3 is 2.93 bits per heavy atom. The number of oxazole rings is 1. The molecule has 0 atom stereocenters. The molecule has 1 fully saturated rings. The quantitative estimate of drug-likeness (QED) is 0.692. The van der Waals surface area contributed by atoms with Crippen LogP contribution in [0.4, 0.5) is 11.7 Å². The molecule has 1 aliphatic heterocycles. The fraction of sp³-hybridized carbons (Fsp3) is 0.300. The number of nitrogen functional groups attached to an aromatic ring is 1. The van der Waals surface area contributed by atoms with E-state index in [2.05, 4.69) is 9.88 Å². The third kappa shape index (κ3) is 1.04. The van der Waals surface area contributed by atoms with Gasteiger partial charge in [0.05, 0.1) is 0 Å². The van der Waals surface area contributed by atoms with Crippen LogP contribution >= 0.6 is 0 Å². The smallest absolute Gasteiger partial charge is 0.298 e. The normalized spacial score (nSPS) is 15.9. The maximum Gasteiger partial charge on any atom is 0.298 e. The zero-order valence-electron chi connectivity index (χ0n) is 7.73. The zero-order valence-corrected chi connectivity index (χ0v) is 7.73. The second kappa shape index (κ2) is 2.64. The monoisotopic (exact) mass is 189 g/mol. The van der Waals surface area contributed by atoms with Gasteiger partial charge >= 0.3 is 0 Å². The summed E-state index contributed by atoms with van der Waals surface area (Å²) < 4.78 is 5.59. The van der Waals surface area contributed by atoms with E-state index in [9.17, 15) is 0 Å². The van der Waals surface area contributed by atoms with Gasteiger partial charge in [-0.05, 0) is 18.6 Å². The minimum atomic E-state index is 0.712. The summed E-state index contributed by atoms with van der Waals surface area (Å²) in [6.07, 6.45) is 1.22. The average Bonchev–Trinajstić information content (AvgIpc) is 2.43. The van der Waals surface area contributed by atoms with Gasteiger partial charge in [-0.1, -0.05) is 0 Å². The number of hydrogen-bond donors (Lipinski definition) is 1. The molecule has 1 saturated heterocycles. The summed E-state index contributed by atoms with van der Waals surface area (Å²) in [5.74, 6) is 0. The lowest BCUT2D eigenvalue weighted by atomic mass is 10.2. The standard InChI is InChI=1S/C10H11N3O/c11-7-2-3-8-9(6-7)14-10(12-8)13-4-1-5-13/h2-3,6H,1,4-5,11H2. The van der Waals surface area contributed by atoms with Gasteiger partial charge in [0.2, 0.25) is 0 Å². The van der Waals surface area contributed by atoms with E-state index in [1.165, 1.54) is 6.42 Å². The Morgan fingerprint density at radius 1 is 1.36 bits per heavy atom.